The summed E-state index contributed by atoms with van der Waals surface area (Å²) in [7, 11) is 0. The predicted molar refractivity (Wildman–Crippen MR) is 122 cm³/mol. The molecule has 0 spiro atoms. The maximum Gasteiger partial charge on any atom is 0.139 e. The van der Waals surface area contributed by atoms with Crippen molar-refractivity contribution in [1.82, 2.24) is 5.32 Å². The van der Waals surface area contributed by atoms with Gasteiger partial charge in [-0.15, -0.1) is 0 Å². The molecule has 0 aliphatic heterocycles. The number of fused-ring (bicyclic) bond motifs is 6. The van der Waals surface area contributed by atoms with Crippen LogP contribution in [0.2, 0.25) is 0 Å². The van der Waals surface area contributed by atoms with Crippen LogP contribution in [0.25, 0.3) is 0 Å². The van der Waals surface area contributed by atoms with Gasteiger partial charge >= 0.3 is 0 Å². The number of nitrogens with one attached hydrogen (secondary N) is 1. The molecule has 0 amide bonds. The molecule has 0 bridgehead atoms. The number of hydrogen-bond donors (Lipinski definition) is 1. The highest BCUT2D eigenvalue weighted by Gasteiger charge is 2.57. The van der Waals surface area contributed by atoms with Crippen LogP contribution in [0.1, 0.15) is 78.1 Å². The SMILES string of the molecule is CC12CCC3C(CC=C4CC(NCC5=CC=CC6CC56)CCC43C)C1CCCC2=O. The molecule has 6 aliphatic carbocycles. The second kappa shape index (κ2) is 6.92. The van der Waals surface area contributed by atoms with Gasteiger partial charge in [0, 0.05) is 24.4 Å². The minimum Gasteiger partial charge on any atom is -0.310 e. The quantitative estimate of drug-likeness (QED) is 0.584. The lowest BCUT2D eigenvalue weighted by atomic mass is 9.45. The van der Waals surface area contributed by atoms with Crippen molar-refractivity contribution in [3.05, 3.63) is 35.5 Å². The predicted octanol–water partition coefficient (Wildman–Crippen LogP) is 6.00. The second-order valence-electron chi connectivity index (χ2n) is 12.0. The molecule has 0 heterocycles. The largest absolute Gasteiger partial charge is 0.310 e. The molecular weight excluding hydrogens is 366 g/mol. The molecule has 2 heteroatoms. The van der Waals surface area contributed by atoms with Crippen molar-refractivity contribution in [2.75, 3.05) is 6.54 Å². The molecule has 0 radical (unpaired) electrons. The molecule has 0 saturated heterocycles. The molecule has 6 aliphatic rings. The zero-order chi connectivity index (χ0) is 20.5. The van der Waals surface area contributed by atoms with Gasteiger partial charge in [0.25, 0.3) is 0 Å². The molecule has 0 aromatic rings. The fraction of sp³-hybridized carbons (Fsp3) is 0.750. The number of allylic oxidation sites excluding steroid dienone is 4. The van der Waals surface area contributed by atoms with Gasteiger partial charge in [-0.2, -0.15) is 0 Å². The summed E-state index contributed by atoms with van der Waals surface area (Å²) in [6.07, 6.45) is 21.9. The summed E-state index contributed by atoms with van der Waals surface area (Å²) >= 11 is 0. The van der Waals surface area contributed by atoms with Crippen molar-refractivity contribution in [3.63, 3.8) is 0 Å². The fourth-order valence-corrected chi connectivity index (χ4v) is 8.55. The van der Waals surface area contributed by atoms with E-state index in [4.69, 9.17) is 0 Å². The van der Waals surface area contributed by atoms with Crippen LogP contribution in [0.15, 0.2) is 35.5 Å². The van der Waals surface area contributed by atoms with E-state index >= 15 is 0 Å². The first kappa shape index (κ1) is 19.5. The van der Waals surface area contributed by atoms with Crippen LogP contribution in [-0.2, 0) is 4.79 Å². The van der Waals surface area contributed by atoms with Gasteiger partial charge in [0.15, 0.2) is 0 Å². The molecule has 6 rings (SSSR count). The Morgan fingerprint density at radius 3 is 2.83 bits per heavy atom. The van der Waals surface area contributed by atoms with E-state index in [0.29, 0.717) is 23.2 Å². The lowest BCUT2D eigenvalue weighted by molar-refractivity contribution is -0.144. The van der Waals surface area contributed by atoms with Gasteiger partial charge in [0.1, 0.15) is 5.78 Å². The smallest absolute Gasteiger partial charge is 0.139 e. The highest BCUT2D eigenvalue weighted by Crippen LogP contribution is 2.63. The van der Waals surface area contributed by atoms with Crippen molar-refractivity contribution in [3.8, 4) is 0 Å². The minimum absolute atomic E-state index is 0.0112. The molecule has 8 unspecified atom stereocenters. The Hall–Kier alpha value is -1.15. The molecule has 1 N–H and O–H groups in total. The monoisotopic (exact) mass is 405 g/mol. The van der Waals surface area contributed by atoms with E-state index in [2.05, 4.69) is 43.5 Å². The van der Waals surface area contributed by atoms with Crippen LogP contribution in [0.4, 0.5) is 0 Å². The Bertz CT molecular complexity index is 836. The normalized spacial score (nSPS) is 49.2. The Morgan fingerprint density at radius 2 is 1.93 bits per heavy atom. The Kier molecular flexibility index (Phi) is 4.51. The van der Waals surface area contributed by atoms with Crippen LogP contribution in [0, 0.1) is 40.4 Å². The Labute approximate surface area is 182 Å². The molecule has 8 atom stereocenters. The number of Topliss-reactive ketones (excluding diaryl/α,β-unsaturated/α-hetero) is 1. The third-order valence-corrected chi connectivity index (χ3v) is 10.6. The van der Waals surface area contributed by atoms with E-state index < -0.39 is 0 Å². The topological polar surface area (TPSA) is 29.1 Å². The van der Waals surface area contributed by atoms with Crippen LogP contribution in [0.3, 0.4) is 0 Å². The maximum atomic E-state index is 12.8. The molecule has 162 valence electrons. The van der Waals surface area contributed by atoms with Gasteiger partial charge in [0.2, 0.25) is 0 Å². The Morgan fingerprint density at radius 1 is 1.10 bits per heavy atom. The van der Waals surface area contributed by atoms with Crippen molar-refractivity contribution < 1.29 is 4.79 Å². The van der Waals surface area contributed by atoms with Crippen LogP contribution < -0.4 is 5.32 Å². The van der Waals surface area contributed by atoms with Gasteiger partial charge in [-0.3, -0.25) is 4.79 Å². The number of rotatable bonds is 3. The zero-order valence-corrected chi connectivity index (χ0v) is 19.0. The highest BCUT2D eigenvalue weighted by atomic mass is 16.1. The van der Waals surface area contributed by atoms with Crippen molar-refractivity contribution >= 4 is 5.78 Å². The van der Waals surface area contributed by atoms with Gasteiger partial charge in [0.05, 0.1) is 0 Å². The summed E-state index contributed by atoms with van der Waals surface area (Å²) in [4.78, 5) is 12.8. The van der Waals surface area contributed by atoms with Crippen LogP contribution in [-0.4, -0.2) is 18.4 Å². The van der Waals surface area contributed by atoms with E-state index in [0.717, 1.165) is 49.5 Å². The summed E-state index contributed by atoms with van der Waals surface area (Å²) in [5.74, 6) is 4.47. The summed E-state index contributed by atoms with van der Waals surface area (Å²) in [5, 5.41) is 3.94. The van der Waals surface area contributed by atoms with Gasteiger partial charge < -0.3 is 5.32 Å². The first-order valence-electron chi connectivity index (χ1n) is 12.8. The van der Waals surface area contributed by atoms with E-state index in [1.165, 1.54) is 44.9 Å². The third kappa shape index (κ3) is 2.89. The average molecular weight is 406 g/mol. The van der Waals surface area contributed by atoms with Crippen molar-refractivity contribution in [2.45, 2.75) is 84.1 Å². The third-order valence-electron chi connectivity index (χ3n) is 10.6. The van der Waals surface area contributed by atoms with Crippen LogP contribution >= 0.6 is 0 Å². The Balaban J connectivity index is 1.16. The second-order valence-corrected chi connectivity index (χ2v) is 12.0. The maximum absolute atomic E-state index is 12.8. The molecule has 0 aromatic heterocycles. The number of carbonyl (C=O) groups is 1. The molecule has 2 nitrogen and oxygen atoms in total. The van der Waals surface area contributed by atoms with Gasteiger partial charge in [-0.05, 0) is 92.8 Å². The molecule has 4 saturated carbocycles. The lowest BCUT2D eigenvalue weighted by Gasteiger charge is -2.59. The summed E-state index contributed by atoms with van der Waals surface area (Å²) in [6, 6.07) is 0.648. The molecule has 0 aromatic carbocycles. The lowest BCUT2D eigenvalue weighted by Crippen LogP contribution is -2.54. The standard InChI is InChI=1S/C28H39NO/c1-27-13-11-21(29-17-19-6-3-5-18-15-23(18)19)16-20(27)9-10-22-24-7-4-8-26(30)28(24,2)14-12-25(22)27/h3,5-6,9,18,21-25,29H,4,7-8,10-17H2,1-2H3. The van der Waals surface area contributed by atoms with Crippen molar-refractivity contribution in [1.29, 1.82) is 0 Å². The number of hydrogen-bond acceptors (Lipinski definition) is 2. The fourth-order valence-electron chi connectivity index (χ4n) is 8.55. The van der Waals surface area contributed by atoms with E-state index in [1.54, 1.807) is 11.1 Å². The zero-order valence-electron chi connectivity index (χ0n) is 19.0. The minimum atomic E-state index is -0.0112. The van der Waals surface area contributed by atoms with E-state index in [-0.39, 0.29) is 5.41 Å². The highest BCUT2D eigenvalue weighted by molar-refractivity contribution is 5.85. The molecular formula is C28H39NO. The number of carbonyl (C=O) groups excluding carboxylic acids is 1. The van der Waals surface area contributed by atoms with Crippen LogP contribution in [0.5, 0.6) is 0 Å². The average Bonchev–Trinajstić information content (AvgIpc) is 3.53. The molecule has 30 heavy (non-hydrogen) atoms. The molecule has 4 fully saturated rings. The first-order chi connectivity index (χ1) is 14.5. The first-order valence-corrected chi connectivity index (χ1v) is 12.8. The summed E-state index contributed by atoms with van der Waals surface area (Å²) in [6.45, 7) is 5.99. The number of ketones is 1. The van der Waals surface area contributed by atoms with Gasteiger partial charge in [-0.25, -0.2) is 0 Å². The van der Waals surface area contributed by atoms with E-state index in [9.17, 15) is 4.79 Å². The summed E-state index contributed by atoms with van der Waals surface area (Å²) < 4.78 is 0. The summed E-state index contributed by atoms with van der Waals surface area (Å²) in [5.41, 5.74) is 3.77. The van der Waals surface area contributed by atoms with Crippen molar-refractivity contribution in [2.24, 2.45) is 40.4 Å². The van der Waals surface area contributed by atoms with E-state index in [1.807, 2.05) is 0 Å². The van der Waals surface area contributed by atoms with Gasteiger partial charge in [-0.1, -0.05) is 49.3 Å².